The zero-order chi connectivity index (χ0) is 21.6. The molecule has 0 radical (unpaired) electrons. The number of hydrogen-bond donors (Lipinski definition) is 1. The molecule has 5 nitrogen and oxygen atoms in total. The Bertz CT molecular complexity index is 1070. The van der Waals surface area contributed by atoms with E-state index in [1.165, 1.54) is 0 Å². The molecule has 0 saturated carbocycles. The first kappa shape index (κ1) is 20.9. The minimum absolute atomic E-state index is 0.00369. The number of aryl methyl sites for hydroxylation is 1. The van der Waals surface area contributed by atoms with Crippen LogP contribution in [-0.4, -0.2) is 40.2 Å². The number of carbonyl (C=O) groups excluding carboxylic acids is 1. The number of rotatable bonds is 6. The van der Waals surface area contributed by atoms with E-state index < -0.39 is 0 Å². The van der Waals surface area contributed by atoms with E-state index in [9.17, 15) is 4.79 Å². The smallest absolute Gasteiger partial charge is 0.228 e. The molecule has 1 saturated heterocycles. The second kappa shape index (κ2) is 9.63. The highest BCUT2D eigenvalue weighted by molar-refractivity contribution is 5.92. The Kier molecular flexibility index (Phi) is 6.49. The summed E-state index contributed by atoms with van der Waals surface area (Å²) in [5.41, 5.74) is 4.24. The lowest BCUT2D eigenvalue weighted by Crippen LogP contribution is -2.38. The van der Waals surface area contributed by atoms with E-state index in [4.69, 9.17) is 11.5 Å². The third-order valence-corrected chi connectivity index (χ3v) is 5.90. The molecule has 0 unspecified atom stereocenters. The average Bonchev–Trinajstić information content (AvgIpc) is 3.17. The molecule has 2 aromatic carbocycles. The molecule has 1 fully saturated rings. The molecule has 3 aromatic rings. The first-order valence-electron chi connectivity index (χ1n) is 10.8. The molecule has 158 valence electrons. The van der Waals surface area contributed by atoms with Crippen LogP contribution in [0.5, 0.6) is 0 Å². The summed E-state index contributed by atoms with van der Waals surface area (Å²) in [6, 6.07) is 20.3. The van der Waals surface area contributed by atoms with Crippen LogP contribution in [-0.2, 0) is 11.3 Å². The van der Waals surface area contributed by atoms with Gasteiger partial charge in [0.25, 0.3) is 0 Å². The number of anilines is 1. The fraction of sp³-hybridized carbons (Fsp3) is 0.308. The van der Waals surface area contributed by atoms with Gasteiger partial charge in [0.05, 0.1) is 18.8 Å². The number of aromatic nitrogens is 2. The number of likely N-dealkylation sites (tertiary alicyclic amines) is 1. The van der Waals surface area contributed by atoms with E-state index in [0.29, 0.717) is 13.1 Å². The van der Waals surface area contributed by atoms with Crippen LogP contribution in [0, 0.1) is 25.2 Å². The summed E-state index contributed by atoms with van der Waals surface area (Å²) < 4.78 is 1.89. The summed E-state index contributed by atoms with van der Waals surface area (Å²) in [5.74, 6) is 3.48. The highest BCUT2D eigenvalue weighted by Gasteiger charge is 2.25. The Morgan fingerprint density at radius 3 is 2.55 bits per heavy atom. The summed E-state index contributed by atoms with van der Waals surface area (Å²) in [7, 11) is 0. The van der Waals surface area contributed by atoms with Gasteiger partial charge in [0.2, 0.25) is 5.91 Å². The fourth-order valence-corrected chi connectivity index (χ4v) is 4.10. The molecule has 1 aromatic heterocycles. The van der Waals surface area contributed by atoms with E-state index in [1.807, 2.05) is 41.1 Å². The molecule has 2 heterocycles. The molecule has 1 aliphatic heterocycles. The lowest BCUT2D eigenvalue weighted by atomic mass is 9.96. The van der Waals surface area contributed by atoms with Crippen molar-refractivity contribution in [2.75, 3.05) is 25.0 Å². The summed E-state index contributed by atoms with van der Waals surface area (Å²) in [4.78, 5) is 15.3. The fourth-order valence-electron chi connectivity index (χ4n) is 4.10. The Labute approximate surface area is 184 Å². The van der Waals surface area contributed by atoms with Gasteiger partial charge in [0, 0.05) is 17.5 Å². The number of amides is 1. The van der Waals surface area contributed by atoms with Gasteiger partial charge in [-0.1, -0.05) is 60.5 Å². The Balaban J connectivity index is 1.56. The number of hydrogen-bond acceptors (Lipinski definition) is 3. The van der Waals surface area contributed by atoms with Crippen LogP contribution in [0.15, 0.2) is 60.7 Å². The predicted octanol–water partition coefficient (Wildman–Crippen LogP) is 4.19. The maximum Gasteiger partial charge on any atom is 0.228 e. The average molecular weight is 413 g/mol. The van der Waals surface area contributed by atoms with Gasteiger partial charge in [0.15, 0.2) is 0 Å². The third-order valence-electron chi connectivity index (χ3n) is 5.90. The van der Waals surface area contributed by atoms with E-state index in [1.54, 1.807) is 0 Å². The second-order valence-electron chi connectivity index (χ2n) is 8.12. The maximum atomic E-state index is 13.0. The molecule has 0 aliphatic carbocycles. The number of benzene rings is 2. The van der Waals surface area contributed by atoms with Crippen LogP contribution in [0.1, 0.15) is 24.0 Å². The van der Waals surface area contributed by atoms with Crippen molar-refractivity contribution < 1.29 is 4.79 Å². The molecular formula is C26H28N4O. The van der Waals surface area contributed by atoms with Crippen LogP contribution in [0.25, 0.3) is 11.3 Å². The maximum absolute atomic E-state index is 13.0. The molecule has 31 heavy (non-hydrogen) atoms. The van der Waals surface area contributed by atoms with Crippen molar-refractivity contribution >= 4 is 11.7 Å². The molecule has 0 spiro atoms. The van der Waals surface area contributed by atoms with Gasteiger partial charge >= 0.3 is 0 Å². The summed E-state index contributed by atoms with van der Waals surface area (Å²) in [5, 5.41) is 8.00. The Morgan fingerprint density at radius 2 is 1.84 bits per heavy atom. The monoisotopic (exact) mass is 412 g/mol. The quantitative estimate of drug-likeness (QED) is 0.618. The first-order chi connectivity index (χ1) is 15.1. The third kappa shape index (κ3) is 5.04. The van der Waals surface area contributed by atoms with Crippen LogP contribution in [0.3, 0.4) is 0 Å². The molecule has 1 aliphatic rings. The number of carbonyl (C=O) groups is 1. The molecular weight excluding hydrogens is 384 g/mol. The van der Waals surface area contributed by atoms with E-state index in [0.717, 1.165) is 54.1 Å². The highest BCUT2D eigenvalue weighted by atomic mass is 16.2. The first-order valence-corrected chi connectivity index (χ1v) is 10.8. The van der Waals surface area contributed by atoms with Gasteiger partial charge in [-0.15, -0.1) is 6.42 Å². The largest absolute Gasteiger partial charge is 0.311 e. The van der Waals surface area contributed by atoms with Crippen LogP contribution in [0.4, 0.5) is 5.82 Å². The molecule has 1 N–H and O–H groups in total. The lowest BCUT2D eigenvalue weighted by Gasteiger charge is -2.29. The minimum Gasteiger partial charge on any atom is -0.311 e. The van der Waals surface area contributed by atoms with Crippen LogP contribution >= 0.6 is 0 Å². The zero-order valence-electron chi connectivity index (χ0n) is 17.9. The Morgan fingerprint density at radius 1 is 1.13 bits per heavy atom. The summed E-state index contributed by atoms with van der Waals surface area (Å²) >= 11 is 0. The lowest BCUT2D eigenvalue weighted by molar-refractivity contribution is -0.121. The highest BCUT2D eigenvalue weighted by Crippen LogP contribution is 2.27. The van der Waals surface area contributed by atoms with Gasteiger partial charge in [0.1, 0.15) is 5.82 Å². The SMILES string of the molecule is C#CCN1CCC(C(=O)Nc2cc(-c3ccccc3C)nn2Cc2ccccc2)CC1. The van der Waals surface area contributed by atoms with Gasteiger partial charge < -0.3 is 5.32 Å². The van der Waals surface area contributed by atoms with Crippen molar-refractivity contribution in [1.82, 2.24) is 14.7 Å². The van der Waals surface area contributed by atoms with E-state index >= 15 is 0 Å². The molecule has 4 rings (SSSR count). The number of nitrogens with one attached hydrogen (secondary N) is 1. The van der Waals surface area contributed by atoms with Crippen molar-refractivity contribution in [1.29, 1.82) is 0 Å². The van der Waals surface area contributed by atoms with Crippen molar-refractivity contribution in [3.63, 3.8) is 0 Å². The van der Waals surface area contributed by atoms with Gasteiger partial charge in [-0.2, -0.15) is 5.10 Å². The van der Waals surface area contributed by atoms with Gasteiger partial charge in [-0.05, 0) is 44.0 Å². The second-order valence-corrected chi connectivity index (χ2v) is 8.12. The van der Waals surface area contributed by atoms with E-state index in [-0.39, 0.29) is 11.8 Å². The molecule has 0 atom stereocenters. The van der Waals surface area contributed by atoms with Crippen molar-refractivity contribution in [2.24, 2.45) is 5.92 Å². The Hall–Kier alpha value is -3.36. The predicted molar refractivity (Wildman–Crippen MR) is 125 cm³/mol. The number of piperidine rings is 1. The standard InChI is InChI=1S/C26H28N4O/c1-3-15-29-16-13-22(14-17-29)26(31)27-25-18-24(23-12-8-7-9-20(23)2)28-30(25)19-21-10-5-4-6-11-21/h1,4-12,18,22H,13-17,19H2,2H3,(H,27,31). The van der Waals surface area contributed by atoms with Crippen molar-refractivity contribution in [3.8, 4) is 23.6 Å². The molecule has 0 bridgehead atoms. The molecule has 1 amide bonds. The van der Waals surface area contributed by atoms with Crippen molar-refractivity contribution in [3.05, 3.63) is 71.8 Å². The zero-order valence-corrected chi connectivity index (χ0v) is 17.9. The van der Waals surface area contributed by atoms with E-state index in [2.05, 4.69) is 47.3 Å². The van der Waals surface area contributed by atoms with Crippen LogP contribution in [0.2, 0.25) is 0 Å². The van der Waals surface area contributed by atoms with Crippen LogP contribution < -0.4 is 5.32 Å². The normalized spacial score (nSPS) is 14.8. The van der Waals surface area contributed by atoms with Gasteiger partial charge in [-0.25, -0.2) is 4.68 Å². The summed E-state index contributed by atoms with van der Waals surface area (Å²) in [6.07, 6.45) is 7.06. The number of terminal acetylenes is 1. The van der Waals surface area contributed by atoms with Gasteiger partial charge in [-0.3, -0.25) is 9.69 Å². The molecule has 5 heteroatoms. The summed E-state index contributed by atoms with van der Waals surface area (Å²) in [6.45, 7) is 5.05. The minimum atomic E-state index is -0.00369. The topological polar surface area (TPSA) is 50.2 Å². The van der Waals surface area contributed by atoms with Crippen molar-refractivity contribution in [2.45, 2.75) is 26.3 Å². The number of nitrogens with zero attached hydrogens (tertiary/aromatic N) is 3.